The number of hydrogen-bond acceptors (Lipinski definition) is 6. The number of nitrogens with zero attached hydrogens (tertiary/aromatic N) is 5. The van der Waals surface area contributed by atoms with Gasteiger partial charge in [-0.25, -0.2) is 0 Å². The zero-order chi connectivity index (χ0) is 25.7. The van der Waals surface area contributed by atoms with E-state index in [2.05, 4.69) is 32.5 Å². The van der Waals surface area contributed by atoms with E-state index in [9.17, 15) is 9.59 Å². The average Bonchev–Trinajstić information content (AvgIpc) is 3.31. The van der Waals surface area contributed by atoms with Crippen molar-refractivity contribution in [3.63, 3.8) is 0 Å². The molecule has 1 aromatic heterocycles. The van der Waals surface area contributed by atoms with Crippen molar-refractivity contribution in [1.82, 2.24) is 25.0 Å². The Morgan fingerprint density at radius 3 is 2.44 bits per heavy atom. The summed E-state index contributed by atoms with van der Waals surface area (Å²) in [6.45, 7) is 7.42. The fraction of sp³-hybridized carbons (Fsp3) is 0.360. The number of hydrogen-bond donors (Lipinski definition) is 1. The number of carbonyl (C=O) groups excluding carboxylic acids is 2. The van der Waals surface area contributed by atoms with E-state index in [4.69, 9.17) is 23.2 Å². The van der Waals surface area contributed by atoms with Crippen molar-refractivity contribution >= 4 is 52.5 Å². The Hall–Kier alpha value is -2.75. The lowest BCUT2D eigenvalue weighted by Gasteiger charge is -2.36. The van der Waals surface area contributed by atoms with Gasteiger partial charge >= 0.3 is 0 Å². The van der Waals surface area contributed by atoms with Crippen molar-refractivity contribution in [2.75, 3.05) is 36.8 Å². The lowest BCUT2D eigenvalue weighted by Crippen LogP contribution is -2.49. The highest BCUT2D eigenvalue weighted by atomic mass is 35.5. The second kappa shape index (κ2) is 12.0. The van der Waals surface area contributed by atoms with Crippen LogP contribution in [0.3, 0.4) is 0 Å². The maximum Gasteiger partial charge on any atom is 0.253 e. The number of amides is 2. The molecular formula is C25H28Cl2N6O2S. The summed E-state index contributed by atoms with van der Waals surface area (Å²) >= 11 is 13.5. The molecule has 1 aliphatic rings. The minimum Gasteiger partial charge on any atom is -0.368 e. The number of nitrogens with one attached hydrogen (secondary N) is 1. The zero-order valence-electron chi connectivity index (χ0n) is 20.2. The topological polar surface area (TPSA) is 83.4 Å². The van der Waals surface area contributed by atoms with Gasteiger partial charge < -0.3 is 19.7 Å². The summed E-state index contributed by atoms with van der Waals surface area (Å²) in [5.41, 5.74) is 1.52. The van der Waals surface area contributed by atoms with E-state index in [1.807, 2.05) is 41.5 Å². The van der Waals surface area contributed by atoms with Crippen LogP contribution in [0.1, 0.15) is 36.1 Å². The van der Waals surface area contributed by atoms with Crippen LogP contribution in [0, 0.1) is 0 Å². The fourth-order valence-electron chi connectivity index (χ4n) is 4.11. The second-order valence-electron chi connectivity index (χ2n) is 8.40. The van der Waals surface area contributed by atoms with Crippen LogP contribution in [0.5, 0.6) is 0 Å². The molecule has 1 saturated heterocycles. The molecule has 2 aromatic carbocycles. The Labute approximate surface area is 225 Å². The Balaban J connectivity index is 1.33. The van der Waals surface area contributed by atoms with Crippen molar-refractivity contribution in [2.24, 2.45) is 0 Å². The van der Waals surface area contributed by atoms with Crippen molar-refractivity contribution in [1.29, 1.82) is 0 Å². The lowest BCUT2D eigenvalue weighted by atomic mass is 10.2. The maximum absolute atomic E-state index is 12.9. The molecule has 3 aromatic rings. The van der Waals surface area contributed by atoms with Gasteiger partial charge in [0.05, 0.1) is 22.4 Å². The minimum absolute atomic E-state index is 0.0821. The molecule has 2 heterocycles. The summed E-state index contributed by atoms with van der Waals surface area (Å²) in [5, 5.41) is 12.9. The smallest absolute Gasteiger partial charge is 0.253 e. The van der Waals surface area contributed by atoms with Gasteiger partial charge in [0, 0.05) is 43.4 Å². The van der Waals surface area contributed by atoms with E-state index in [1.54, 1.807) is 12.1 Å². The molecule has 0 bridgehead atoms. The number of halogens is 2. The predicted octanol–water partition coefficient (Wildman–Crippen LogP) is 4.54. The van der Waals surface area contributed by atoms with Gasteiger partial charge in [0.1, 0.15) is 0 Å². The summed E-state index contributed by atoms with van der Waals surface area (Å²) in [6.07, 6.45) is 0. The van der Waals surface area contributed by atoms with E-state index in [0.29, 0.717) is 41.2 Å². The fourth-order valence-corrected chi connectivity index (χ4v) is 5.51. The summed E-state index contributed by atoms with van der Waals surface area (Å²) < 4.78 is 1.92. The van der Waals surface area contributed by atoms with Crippen LogP contribution >= 0.6 is 35.0 Å². The molecule has 0 unspecified atom stereocenters. The number of carbonyl (C=O) groups is 2. The third kappa shape index (κ3) is 6.14. The van der Waals surface area contributed by atoms with Crippen molar-refractivity contribution in [2.45, 2.75) is 31.6 Å². The highest BCUT2D eigenvalue weighted by Crippen LogP contribution is 2.24. The predicted molar refractivity (Wildman–Crippen MR) is 144 cm³/mol. The Morgan fingerprint density at radius 1 is 1.06 bits per heavy atom. The van der Waals surface area contributed by atoms with Gasteiger partial charge in [0.2, 0.25) is 5.91 Å². The van der Waals surface area contributed by atoms with Gasteiger partial charge in [-0.15, -0.1) is 10.2 Å². The van der Waals surface area contributed by atoms with Gasteiger partial charge in [-0.1, -0.05) is 53.2 Å². The molecule has 190 valence electrons. The molecule has 0 saturated carbocycles. The van der Waals surface area contributed by atoms with Crippen LogP contribution in [0.25, 0.3) is 0 Å². The van der Waals surface area contributed by atoms with E-state index in [0.717, 1.165) is 13.1 Å². The summed E-state index contributed by atoms with van der Waals surface area (Å²) in [5.74, 6) is 0.653. The second-order valence-corrected chi connectivity index (χ2v) is 10.2. The third-order valence-electron chi connectivity index (χ3n) is 6.05. The summed E-state index contributed by atoms with van der Waals surface area (Å²) in [4.78, 5) is 29.8. The highest BCUT2D eigenvalue weighted by molar-refractivity contribution is 7.99. The largest absolute Gasteiger partial charge is 0.368 e. The molecule has 1 fully saturated rings. The first-order chi connectivity index (χ1) is 17.4. The molecule has 8 nitrogen and oxygen atoms in total. The van der Waals surface area contributed by atoms with Crippen LogP contribution in [-0.4, -0.2) is 63.4 Å². The van der Waals surface area contributed by atoms with Crippen LogP contribution in [0.2, 0.25) is 10.0 Å². The number of anilines is 1. The van der Waals surface area contributed by atoms with Gasteiger partial charge in [0.15, 0.2) is 11.0 Å². The number of para-hydroxylation sites is 1. The summed E-state index contributed by atoms with van der Waals surface area (Å²) in [6, 6.07) is 14.6. The van der Waals surface area contributed by atoms with Crippen molar-refractivity contribution < 1.29 is 9.59 Å². The molecule has 0 radical (unpaired) electrons. The van der Waals surface area contributed by atoms with Crippen LogP contribution in [0.4, 0.5) is 5.69 Å². The van der Waals surface area contributed by atoms with E-state index in [-0.39, 0.29) is 22.6 Å². The Bertz CT molecular complexity index is 1210. The molecule has 1 atom stereocenters. The lowest BCUT2D eigenvalue weighted by molar-refractivity contribution is -0.128. The first kappa shape index (κ1) is 26.3. The monoisotopic (exact) mass is 546 g/mol. The molecule has 36 heavy (non-hydrogen) atoms. The number of rotatable bonds is 8. The molecular weight excluding hydrogens is 519 g/mol. The molecule has 2 amide bonds. The number of aromatic nitrogens is 3. The molecule has 0 aliphatic carbocycles. The standard InChI is InChI=1S/C25H28Cl2N6O2S/c1-3-33-23(17(2)28-24(35)20-10-9-18(26)15-21(20)27)29-30-25(33)36-16-22(34)32-13-11-31(12-14-32)19-7-5-4-6-8-19/h4-10,15,17H,3,11-14,16H2,1-2H3,(H,28,35)/t17-/m1/s1. The molecule has 0 spiro atoms. The maximum atomic E-state index is 12.9. The molecule has 1 aliphatic heterocycles. The normalized spacial score (nSPS) is 14.6. The van der Waals surface area contributed by atoms with Crippen molar-refractivity contribution in [3.8, 4) is 0 Å². The first-order valence-electron chi connectivity index (χ1n) is 11.8. The zero-order valence-corrected chi connectivity index (χ0v) is 22.5. The molecule has 1 N–H and O–H groups in total. The minimum atomic E-state index is -0.409. The van der Waals surface area contributed by atoms with Gasteiger partial charge in [0.25, 0.3) is 5.91 Å². The van der Waals surface area contributed by atoms with E-state index < -0.39 is 6.04 Å². The highest BCUT2D eigenvalue weighted by Gasteiger charge is 2.24. The van der Waals surface area contributed by atoms with Gasteiger partial charge in [-0.05, 0) is 44.2 Å². The Kier molecular flexibility index (Phi) is 8.77. The Morgan fingerprint density at radius 2 is 1.78 bits per heavy atom. The first-order valence-corrected chi connectivity index (χ1v) is 13.5. The number of thioether (sulfide) groups is 1. The van der Waals surface area contributed by atoms with Crippen LogP contribution in [0.15, 0.2) is 53.7 Å². The quantitative estimate of drug-likeness (QED) is 0.417. The van der Waals surface area contributed by atoms with E-state index >= 15 is 0 Å². The van der Waals surface area contributed by atoms with Crippen LogP contribution < -0.4 is 10.2 Å². The third-order valence-corrected chi connectivity index (χ3v) is 7.55. The SMILES string of the molecule is CCn1c(SCC(=O)N2CCN(c3ccccc3)CC2)nnc1[C@@H](C)NC(=O)c1ccc(Cl)cc1Cl. The molecule has 4 rings (SSSR count). The summed E-state index contributed by atoms with van der Waals surface area (Å²) in [7, 11) is 0. The number of benzene rings is 2. The average molecular weight is 548 g/mol. The van der Waals surface area contributed by atoms with E-state index in [1.165, 1.54) is 23.5 Å². The number of piperazine rings is 1. The van der Waals surface area contributed by atoms with Crippen molar-refractivity contribution in [3.05, 3.63) is 70.0 Å². The molecule has 11 heteroatoms. The van der Waals surface area contributed by atoms with Gasteiger partial charge in [-0.2, -0.15) is 0 Å². The van der Waals surface area contributed by atoms with Gasteiger partial charge in [-0.3, -0.25) is 9.59 Å². The van der Waals surface area contributed by atoms with Crippen LogP contribution in [-0.2, 0) is 11.3 Å².